The highest BCUT2D eigenvalue weighted by molar-refractivity contribution is 7.98. The summed E-state index contributed by atoms with van der Waals surface area (Å²) in [5, 5.41) is 12.4. The molecule has 0 aliphatic carbocycles. The van der Waals surface area contributed by atoms with Crippen LogP contribution in [0.3, 0.4) is 0 Å². The second-order valence-corrected chi connectivity index (χ2v) is 7.46. The van der Waals surface area contributed by atoms with E-state index in [0.29, 0.717) is 11.0 Å². The Hall–Kier alpha value is -2.15. The van der Waals surface area contributed by atoms with Crippen LogP contribution < -0.4 is 5.32 Å². The zero-order chi connectivity index (χ0) is 17.7. The fourth-order valence-corrected chi connectivity index (χ4v) is 3.69. The van der Waals surface area contributed by atoms with Crippen molar-refractivity contribution in [1.29, 1.82) is 5.26 Å². The van der Waals surface area contributed by atoms with Gasteiger partial charge < -0.3 is 5.32 Å². The van der Waals surface area contributed by atoms with Crippen LogP contribution in [-0.4, -0.2) is 29.6 Å². The number of hydrogen-bond donors (Lipinski definition) is 1. The molecule has 0 fully saturated rings. The molecule has 0 saturated carbocycles. The molecule has 1 aromatic carbocycles. The lowest BCUT2D eigenvalue weighted by atomic mass is 10.4. The molecule has 24 heavy (non-hydrogen) atoms. The molecule has 0 radical (unpaired) electrons. The zero-order valence-corrected chi connectivity index (χ0v) is 15.1. The van der Waals surface area contributed by atoms with Crippen LogP contribution in [0.2, 0.25) is 5.02 Å². The number of halogens is 1. The van der Waals surface area contributed by atoms with Gasteiger partial charge in [-0.2, -0.15) is 15.2 Å². The van der Waals surface area contributed by atoms with Crippen molar-refractivity contribution in [3.8, 4) is 6.07 Å². The van der Waals surface area contributed by atoms with E-state index in [2.05, 4.69) is 20.3 Å². The van der Waals surface area contributed by atoms with Crippen LogP contribution in [0.5, 0.6) is 0 Å². The summed E-state index contributed by atoms with van der Waals surface area (Å²) in [6, 6.07) is 7.57. The third-order valence-corrected chi connectivity index (χ3v) is 5.48. The molecule has 124 valence electrons. The molecule has 1 N–H and O–H groups in total. The van der Waals surface area contributed by atoms with Gasteiger partial charge in [-0.05, 0) is 25.3 Å². The van der Waals surface area contributed by atoms with Gasteiger partial charge in [0.2, 0.25) is 15.8 Å². The third kappa shape index (κ3) is 4.03. The topological polar surface area (TPSA) is 109 Å². The summed E-state index contributed by atoms with van der Waals surface area (Å²) in [5.74, 6) is 0.617. The summed E-state index contributed by atoms with van der Waals surface area (Å²) >= 11 is 7.23. The van der Waals surface area contributed by atoms with Gasteiger partial charge in [0, 0.05) is 6.20 Å². The number of nitriles is 1. The number of rotatable bonds is 5. The van der Waals surface area contributed by atoms with E-state index in [9.17, 15) is 13.7 Å². The van der Waals surface area contributed by atoms with Crippen molar-refractivity contribution >= 4 is 39.1 Å². The molecule has 0 spiro atoms. The Labute approximate surface area is 148 Å². The van der Waals surface area contributed by atoms with Crippen molar-refractivity contribution in [2.75, 3.05) is 11.6 Å². The van der Waals surface area contributed by atoms with E-state index in [1.54, 1.807) is 25.3 Å². The van der Waals surface area contributed by atoms with E-state index in [1.165, 1.54) is 30.0 Å². The number of hydrogen-bond acceptors (Lipinski definition) is 8. The summed E-state index contributed by atoms with van der Waals surface area (Å²) in [6.07, 6.45) is 2.84. The lowest BCUT2D eigenvalue weighted by Gasteiger charge is -2.06. The lowest BCUT2D eigenvalue weighted by molar-refractivity contribution is 0.603. The molecule has 0 amide bonds. The van der Waals surface area contributed by atoms with Crippen molar-refractivity contribution in [2.24, 2.45) is 0 Å². The highest BCUT2D eigenvalue weighted by atomic mass is 35.5. The quantitative estimate of drug-likeness (QED) is 0.622. The third-order valence-electron chi connectivity index (χ3n) is 2.77. The Morgan fingerprint density at radius 3 is 2.67 bits per heavy atom. The monoisotopic (exact) mass is 381 g/mol. The number of aryl methyl sites for hydroxylation is 1. The van der Waals surface area contributed by atoms with E-state index >= 15 is 0 Å². The highest BCUT2D eigenvalue weighted by Gasteiger charge is 2.23. The number of nitrogens with one attached hydrogen (secondary N) is 1. The van der Waals surface area contributed by atoms with E-state index in [0.717, 1.165) is 6.20 Å². The first kappa shape index (κ1) is 18.2. The number of thioether (sulfide) groups is 1. The van der Waals surface area contributed by atoms with Gasteiger partial charge in [0.25, 0.3) is 0 Å². The standard InChI is InChI=1S/C14H12ClN5O2S2/c1-9-18-13(20-14(19-9)23-2)17-8-10(7-16)24(21,22)12-6-4-3-5-11(12)15/h3-6,8H,1-2H3,(H,17,18,19,20). The minimum atomic E-state index is -4.05. The molecular formula is C14H12ClN5O2S2. The molecule has 0 saturated heterocycles. The van der Waals surface area contributed by atoms with Crippen LogP contribution in [0, 0.1) is 18.3 Å². The summed E-state index contributed by atoms with van der Waals surface area (Å²) in [5.41, 5.74) is 0. The minimum absolute atomic E-state index is 0.0410. The Kier molecular flexibility index (Phi) is 5.77. The largest absolute Gasteiger partial charge is 0.329 e. The first-order valence-electron chi connectivity index (χ1n) is 6.51. The molecule has 1 aromatic heterocycles. The summed E-state index contributed by atoms with van der Waals surface area (Å²) in [7, 11) is -4.05. The van der Waals surface area contributed by atoms with Crippen molar-refractivity contribution < 1.29 is 8.42 Å². The van der Waals surface area contributed by atoms with Crippen molar-refractivity contribution in [3.05, 3.63) is 46.2 Å². The van der Waals surface area contributed by atoms with Gasteiger partial charge in [0.15, 0.2) is 10.1 Å². The molecular weight excluding hydrogens is 370 g/mol. The first-order chi connectivity index (χ1) is 11.4. The van der Waals surface area contributed by atoms with Gasteiger partial charge in [-0.15, -0.1) is 0 Å². The van der Waals surface area contributed by atoms with Gasteiger partial charge in [0.05, 0.1) is 9.92 Å². The van der Waals surface area contributed by atoms with Crippen LogP contribution in [0.15, 0.2) is 45.4 Å². The molecule has 0 aliphatic rings. The first-order valence-corrected chi connectivity index (χ1v) is 9.60. The van der Waals surface area contributed by atoms with E-state index in [1.807, 2.05) is 0 Å². The maximum absolute atomic E-state index is 12.5. The van der Waals surface area contributed by atoms with Crippen molar-refractivity contribution in [3.63, 3.8) is 0 Å². The van der Waals surface area contributed by atoms with Gasteiger partial charge >= 0.3 is 0 Å². The highest BCUT2D eigenvalue weighted by Crippen LogP contribution is 2.26. The van der Waals surface area contributed by atoms with Crippen molar-refractivity contribution in [1.82, 2.24) is 15.0 Å². The van der Waals surface area contributed by atoms with Crippen LogP contribution in [0.1, 0.15) is 5.82 Å². The van der Waals surface area contributed by atoms with Crippen molar-refractivity contribution in [2.45, 2.75) is 17.0 Å². The normalized spacial score (nSPS) is 11.8. The van der Waals surface area contributed by atoms with Gasteiger partial charge in [-0.1, -0.05) is 35.5 Å². The fraction of sp³-hybridized carbons (Fsp3) is 0.143. The van der Waals surface area contributed by atoms with Gasteiger partial charge in [0.1, 0.15) is 11.9 Å². The second kappa shape index (κ2) is 7.61. The maximum Gasteiger partial charge on any atom is 0.231 e. The molecule has 2 aromatic rings. The Morgan fingerprint density at radius 1 is 1.33 bits per heavy atom. The van der Waals surface area contributed by atoms with Crippen LogP contribution in [0.4, 0.5) is 5.95 Å². The predicted octanol–water partition coefficient (Wildman–Crippen LogP) is 2.81. The molecule has 2 rings (SSSR count). The maximum atomic E-state index is 12.5. The number of nitrogens with zero attached hydrogens (tertiary/aromatic N) is 4. The van der Waals surface area contributed by atoms with Crippen LogP contribution in [-0.2, 0) is 9.84 Å². The number of anilines is 1. The smallest absolute Gasteiger partial charge is 0.231 e. The zero-order valence-electron chi connectivity index (χ0n) is 12.7. The molecule has 0 unspecified atom stereocenters. The average molecular weight is 382 g/mol. The summed E-state index contributed by atoms with van der Waals surface area (Å²) < 4.78 is 25.0. The average Bonchev–Trinajstić information content (AvgIpc) is 2.54. The van der Waals surface area contributed by atoms with E-state index in [4.69, 9.17) is 11.6 Å². The van der Waals surface area contributed by atoms with Crippen LogP contribution >= 0.6 is 23.4 Å². The molecule has 0 atom stereocenters. The number of aromatic nitrogens is 3. The SMILES string of the molecule is CSc1nc(C)nc(NC=C(C#N)S(=O)(=O)c2ccccc2Cl)n1. The Balaban J connectivity index is 2.39. The van der Waals surface area contributed by atoms with E-state index < -0.39 is 14.7 Å². The number of allylic oxidation sites excluding steroid dienone is 1. The van der Waals surface area contributed by atoms with E-state index in [-0.39, 0.29) is 15.9 Å². The number of benzene rings is 1. The van der Waals surface area contributed by atoms with Crippen LogP contribution in [0.25, 0.3) is 0 Å². The van der Waals surface area contributed by atoms with Gasteiger partial charge in [-0.25, -0.2) is 13.4 Å². The Bertz CT molecular complexity index is 938. The lowest BCUT2D eigenvalue weighted by Crippen LogP contribution is -2.08. The number of sulfone groups is 1. The van der Waals surface area contributed by atoms with Gasteiger partial charge in [-0.3, -0.25) is 0 Å². The molecule has 10 heteroatoms. The second-order valence-electron chi connectivity index (χ2n) is 4.39. The molecule has 7 nitrogen and oxygen atoms in total. The Morgan fingerprint density at radius 2 is 2.04 bits per heavy atom. The fourth-order valence-electron chi connectivity index (χ4n) is 1.69. The minimum Gasteiger partial charge on any atom is -0.329 e. The predicted molar refractivity (Wildman–Crippen MR) is 92.3 cm³/mol. The molecule has 1 heterocycles. The summed E-state index contributed by atoms with van der Waals surface area (Å²) in [6.45, 7) is 1.68. The molecule has 0 aliphatic heterocycles. The summed E-state index contributed by atoms with van der Waals surface area (Å²) in [4.78, 5) is 11.6. The molecule has 0 bridgehead atoms.